The Bertz CT molecular complexity index is 1150. The van der Waals surface area contributed by atoms with Crippen LogP contribution in [0.15, 0.2) is 58.1 Å². The minimum Gasteiger partial charge on any atom is -0.497 e. The lowest BCUT2D eigenvalue weighted by molar-refractivity contribution is 0.369. The number of methoxy groups -OCH3 is 1. The van der Waals surface area contributed by atoms with Gasteiger partial charge < -0.3 is 9.26 Å². The van der Waals surface area contributed by atoms with Gasteiger partial charge in [-0.15, -0.1) is 0 Å². The van der Waals surface area contributed by atoms with E-state index in [2.05, 4.69) is 15.1 Å². The summed E-state index contributed by atoms with van der Waals surface area (Å²) < 4.78 is 25.0. The lowest BCUT2D eigenvalue weighted by Crippen LogP contribution is -2.21. The molecule has 0 spiro atoms. The molecule has 0 bridgehead atoms. The number of hydrogen-bond acceptors (Lipinski definition) is 6. The highest BCUT2D eigenvalue weighted by Gasteiger charge is 2.12. The van der Waals surface area contributed by atoms with E-state index in [1.807, 2.05) is 18.2 Å². The number of aromatic nitrogens is 4. The molecule has 0 aliphatic carbocycles. The van der Waals surface area contributed by atoms with E-state index in [9.17, 15) is 9.18 Å². The quantitative estimate of drug-likeness (QED) is 0.561. The zero-order valence-corrected chi connectivity index (χ0v) is 13.7. The fourth-order valence-corrected chi connectivity index (χ4v) is 2.59. The van der Waals surface area contributed by atoms with Gasteiger partial charge in [-0.05, 0) is 24.3 Å². The number of rotatable bonds is 4. The molecule has 4 aromatic rings. The fourth-order valence-electron chi connectivity index (χ4n) is 2.59. The molecule has 0 aliphatic heterocycles. The highest BCUT2D eigenvalue weighted by Crippen LogP contribution is 2.21. The normalized spacial score (nSPS) is 11.0. The van der Waals surface area contributed by atoms with Crippen molar-refractivity contribution < 1.29 is 13.7 Å². The Morgan fingerprint density at radius 3 is 2.96 bits per heavy atom. The first kappa shape index (κ1) is 15.9. The molecule has 2 aromatic heterocycles. The summed E-state index contributed by atoms with van der Waals surface area (Å²) >= 11 is 0. The van der Waals surface area contributed by atoms with Crippen molar-refractivity contribution in [3.8, 4) is 17.1 Å². The third-order valence-corrected chi connectivity index (χ3v) is 3.89. The van der Waals surface area contributed by atoms with Crippen LogP contribution in [0, 0.1) is 5.82 Å². The van der Waals surface area contributed by atoms with Crippen LogP contribution in [-0.2, 0) is 6.54 Å². The van der Waals surface area contributed by atoms with E-state index in [1.54, 1.807) is 13.2 Å². The highest BCUT2D eigenvalue weighted by atomic mass is 19.1. The second-order valence-electron chi connectivity index (χ2n) is 5.58. The van der Waals surface area contributed by atoms with Gasteiger partial charge in [0, 0.05) is 11.6 Å². The van der Waals surface area contributed by atoms with E-state index in [0.29, 0.717) is 22.5 Å². The molecule has 26 heavy (non-hydrogen) atoms. The minimum absolute atomic E-state index is 0.0656. The van der Waals surface area contributed by atoms with Crippen molar-refractivity contribution in [2.45, 2.75) is 6.54 Å². The largest absolute Gasteiger partial charge is 0.497 e. The van der Waals surface area contributed by atoms with Gasteiger partial charge in [0.05, 0.1) is 24.3 Å². The average molecular weight is 352 g/mol. The van der Waals surface area contributed by atoms with Gasteiger partial charge in [0.25, 0.3) is 5.56 Å². The molecule has 8 heteroatoms. The SMILES string of the molecule is COc1cccc(-c2noc(Cn3cnc4cc(F)ccc4c3=O)n2)c1. The summed E-state index contributed by atoms with van der Waals surface area (Å²) in [6.07, 6.45) is 1.33. The number of fused-ring (bicyclic) bond motifs is 1. The van der Waals surface area contributed by atoms with Gasteiger partial charge in [-0.1, -0.05) is 17.3 Å². The number of ether oxygens (including phenoxy) is 1. The Morgan fingerprint density at radius 1 is 1.23 bits per heavy atom. The topological polar surface area (TPSA) is 83.0 Å². The van der Waals surface area contributed by atoms with Gasteiger partial charge in [0.2, 0.25) is 11.7 Å². The Balaban J connectivity index is 1.65. The maximum atomic E-state index is 13.2. The summed E-state index contributed by atoms with van der Waals surface area (Å²) in [4.78, 5) is 20.9. The van der Waals surface area contributed by atoms with E-state index in [4.69, 9.17) is 9.26 Å². The molecule has 4 rings (SSSR count). The van der Waals surface area contributed by atoms with E-state index in [0.717, 1.165) is 5.56 Å². The molecule has 2 heterocycles. The molecular weight excluding hydrogens is 339 g/mol. The lowest BCUT2D eigenvalue weighted by atomic mass is 10.2. The van der Waals surface area contributed by atoms with Crippen molar-refractivity contribution in [1.29, 1.82) is 0 Å². The Kier molecular flexibility index (Phi) is 3.92. The zero-order chi connectivity index (χ0) is 18.1. The number of halogens is 1. The summed E-state index contributed by atoms with van der Waals surface area (Å²) in [7, 11) is 1.58. The molecular formula is C18H13FN4O3. The van der Waals surface area contributed by atoms with Crippen LogP contribution in [0.3, 0.4) is 0 Å². The molecule has 7 nitrogen and oxygen atoms in total. The molecule has 0 saturated carbocycles. The molecule has 0 saturated heterocycles. The van der Waals surface area contributed by atoms with Crippen molar-refractivity contribution in [2.75, 3.05) is 7.11 Å². The molecule has 0 radical (unpaired) electrons. The highest BCUT2D eigenvalue weighted by molar-refractivity contribution is 5.77. The van der Waals surface area contributed by atoms with Crippen molar-refractivity contribution in [3.05, 3.63) is 70.9 Å². The van der Waals surface area contributed by atoms with Crippen molar-refractivity contribution in [1.82, 2.24) is 19.7 Å². The summed E-state index contributed by atoms with van der Waals surface area (Å²) in [6, 6.07) is 11.1. The fraction of sp³-hybridized carbons (Fsp3) is 0.111. The molecule has 0 aliphatic rings. The maximum Gasteiger partial charge on any atom is 0.261 e. The number of hydrogen-bond donors (Lipinski definition) is 0. The van der Waals surface area contributed by atoms with E-state index in [-0.39, 0.29) is 18.0 Å². The molecule has 0 atom stereocenters. The molecule has 0 fully saturated rings. The number of nitrogens with zero attached hydrogens (tertiary/aromatic N) is 4. The predicted octanol–water partition coefficient (Wildman–Crippen LogP) is 2.64. The molecule has 0 amide bonds. The van der Waals surface area contributed by atoms with Crippen LogP contribution in [0.25, 0.3) is 22.3 Å². The van der Waals surface area contributed by atoms with Gasteiger partial charge in [-0.3, -0.25) is 9.36 Å². The summed E-state index contributed by atoms with van der Waals surface area (Å²) in [5, 5.41) is 4.26. The minimum atomic E-state index is -0.443. The first-order valence-corrected chi connectivity index (χ1v) is 7.76. The first-order valence-electron chi connectivity index (χ1n) is 7.76. The van der Waals surface area contributed by atoms with Gasteiger partial charge in [0.1, 0.15) is 18.1 Å². The average Bonchev–Trinajstić information content (AvgIpc) is 3.13. The van der Waals surface area contributed by atoms with Crippen LogP contribution in [-0.4, -0.2) is 26.8 Å². The zero-order valence-electron chi connectivity index (χ0n) is 13.7. The van der Waals surface area contributed by atoms with Crippen LogP contribution in [0.1, 0.15) is 5.89 Å². The molecule has 0 unspecified atom stereocenters. The Hall–Kier alpha value is -3.55. The van der Waals surface area contributed by atoms with Crippen LogP contribution < -0.4 is 10.3 Å². The number of benzene rings is 2. The van der Waals surface area contributed by atoms with Crippen LogP contribution in [0.4, 0.5) is 4.39 Å². The summed E-state index contributed by atoms with van der Waals surface area (Å²) in [6.45, 7) is 0.0656. The Morgan fingerprint density at radius 2 is 2.12 bits per heavy atom. The van der Waals surface area contributed by atoms with Gasteiger partial charge in [-0.25, -0.2) is 9.37 Å². The third kappa shape index (κ3) is 2.92. The summed E-state index contributed by atoms with van der Waals surface area (Å²) in [5.41, 5.74) is 0.726. The van der Waals surface area contributed by atoms with Crippen molar-refractivity contribution >= 4 is 10.9 Å². The first-order chi connectivity index (χ1) is 12.6. The second-order valence-corrected chi connectivity index (χ2v) is 5.58. The third-order valence-electron chi connectivity index (χ3n) is 3.89. The predicted molar refractivity (Wildman–Crippen MR) is 91.3 cm³/mol. The van der Waals surface area contributed by atoms with Gasteiger partial charge in [0.15, 0.2) is 0 Å². The van der Waals surface area contributed by atoms with Crippen LogP contribution >= 0.6 is 0 Å². The standard InChI is InChI=1S/C18H13FN4O3/c1-25-13-4-2-3-11(7-13)17-21-16(26-22-17)9-23-10-20-15-8-12(19)5-6-14(15)18(23)24/h2-8,10H,9H2,1H3. The van der Waals surface area contributed by atoms with Gasteiger partial charge >= 0.3 is 0 Å². The van der Waals surface area contributed by atoms with E-state index < -0.39 is 5.82 Å². The molecule has 2 aromatic carbocycles. The molecule has 0 N–H and O–H groups in total. The summed E-state index contributed by atoms with van der Waals surface area (Å²) in [5.74, 6) is 0.883. The monoisotopic (exact) mass is 352 g/mol. The lowest BCUT2D eigenvalue weighted by Gasteiger charge is -2.03. The van der Waals surface area contributed by atoms with E-state index in [1.165, 1.54) is 29.1 Å². The smallest absolute Gasteiger partial charge is 0.261 e. The van der Waals surface area contributed by atoms with Crippen molar-refractivity contribution in [2.24, 2.45) is 0 Å². The Labute approximate surface area is 146 Å². The van der Waals surface area contributed by atoms with E-state index >= 15 is 0 Å². The van der Waals surface area contributed by atoms with Gasteiger partial charge in [-0.2, -0.15) is 4.98 Å². The van der Waals surface area contributed by atoms with Crippen LogP contribution in [0.2, 0.25) is 0 Å². The second kappa shape index (κ2) is 6.40. The maximum absolute atomic E-state index is 13.2. The van der Waals surface area contributed by atoms with Crippen LogP contribution in [0.5, 0.6) is 5.75 Å². The molecule has 130 valence electrons. The van der Waals surface area contributed by atoms with Crippen molar-refractivity contribution in [3.63, 3.8) is 0 Å².